The number of benzene rings is 2. The van der Waals surface area contributed by atoms with Crippen molar-refractivity contribution in [3.8, 4) is 0 Å². The fraction of sp³-hybridized carbons (Fsp3) is 0.211. The van der Waals surface area contributed by atoms with E-state index in [1.165, 1.54) is 6.92 Å². The van der Waals surface area contributed by atoms with E-state index in [-0.39, 0.29) is 11.1 Å². The first-order valence-corrected chi connectivity index (χ1v) is 8.17. The minimum absolute atomic E-state index is 0.180. The summed E-state index contributed by atoms with van der Waals surface area (Å²) in [6.07, 6.45) is -1.17. The highest BCUT2D eigenvalue weighted by atomic mass is 16.6. The maximum Gasteiger partial charge on any atom is 0.339 e. The molecule has 9 nitrogen and oxygen atoms in total. The van der Waals surface area contributed by atoms with Crippen molar-refractivity contribution >= 4 is 29.2 Å². The van der Waals surface area contributed by atoms with Gasteiger partial charge in [-0.2, -0.15) is 0 Å². The molecule has 2 aromatic rings. The Kier molecular flexibility index (Phi) is 6.43. The van der Waals surface area contributed by atoms with Crippen molar-refractivity contribution in [2.24, 2.45) is 0 Å². The Bertz CT molecular complexity index is 922. The van der Waals surface area contributed by atoms with Crippen LogP contribution >= 0.6 is 0 Å². The minimum Gasteiger partial charge on any atom is -0.465 e. The zero-order chi connectivity index (χ0) is 20.8. The Balaban J connectivity index is 2.15. The largest absolute Gasteiger partial charge is 0.465 e. The van der Waals surface area contributed by atoms with E-state index in [2.05, 4.69) is 10.1 Å². The number of ether oxygens (including phenoxy) is 2. The second-order valence-electron chi connectivity index (χ2n) is 5.92. The number of nitro benzene ring substituents is 1. The smallest absolute Gasteiger partial charge is 0.339 e. The van der Waals surface area contributed by atoms with Crippen molar-refractivity contribution in [3.63, 3.8) is 0 Å². The van der Waals surface area contributed by atoms with E-state index in [0.717, 1.165) is 30.9 Å². The molecular weight excluding hydrogens is 368 g/mol. The van der Waals surface area contributed by atoms with Gasteiger partial charge < -0.3 is 14.8 Å². The molecule has 0 aromatic heterocycles. The van der Waals surface area contributed by atoms with Crippen LogP contribution in [-0.4, -0.2) is 36.0 Å². The van der Waals surface area contributed by atoms with Crippen LogP contribution in [0.25, 0.3) is 0 Å². The predicted octanol–water partition coefficient (Wildman–Crippen LogP) is 2.87. The predicted molar refractivity (Wildman–Crippen MR) is 99.1 cm³/mol. The molecule has 0 radical (unpaired) electrons. The second kappa shape index (κ2) is 8.76. The van der Waals surface area contributed by atoms with E-state index in [0.29, 0.717) is 5.69 Å². The SMILES string of the molecule is COC(=O)c1cc(C(=O)O[C@@H](C)C(=O)Nc2ccc(C)cc2)cc([N+](=O)[O-])c1. The van der Waals surface area contributed by atoms with Gasteiger partial charge in [-0.05, 0) is 32.0 Å². The van der Waals surface area contributed by atoms with Crippen LogP contribution < -0.4 is 5.32 Å². The van der Waals surface area contributed by atoms with E-state index < -0.39 is 34.6 Å². The quantitative estimate of drug-likeness (QED) is 0.460. The van der Waals surface area contributed by atoms with Crippen LogP contribution in [0.15, 0.2) is 42.5 Å². The number of hydrogen-bond acceptors (Lipinski definition) is 7. The number of nitro groups is 1. The lowest BCUT2D eigenvalue weighted by Crippen LogP contribution is -2.30. The first-order valence-electron chi connectivity index (χ1n) is 8.17. The van der Waals surface area contributed by atoms with Crippen molar-refractivity contribution in [1.29, 1.82) is 0 Å². The zero-order valence-electron chi connectivity index (χ0n) is 15.4. The summed E-state index contributed by atoms with van der Waals surface area (Å²) in [5, 5.41) is 13.6. The molecule has 0 fully saturated rings. The lowest BCUT2D eigenvalue weighted by atomic mass is 10.1. The molecule has 0 aliphatic heterocycles. The third-order valence-electron chi connectivity index (χ3n) is 3.76. The Morgan fingerprint density at radius 2 is 1.61 bits per heavy atom. The number of hydrogen-bond donors (Lipinski definition) is 1. The summed E-state index contributed by atoms with van der Waals surface area (Å²) in [6, 6.07) is 10.1. The summed E-state index contributed by atoms with van der Waals surface area (Å²) in [5.74, 6) is -2.40. The molecule has 0 heterocycles. The van der Waals surface area contributed by atoms with E-state index >= 15 is 0 Å². The molecule has 1 atom stereocenters. The molecule has 0 saturated heterocycles. The summed E-state index contributed by atoms with van der Waals surface area (Å²) in [7, 11) is 1.11. The van der Waals surface area contributed by atoms with Gasteiger partial charge in [-0.25, -0.2) is 9.59 Å². The average Bonchev–Trinajstić information content (AvgIpc) is 2.68. The van der Waals surface area contributed by atoms with Crippen molar-refractivity contribution in [1.82, 2.24) is 0 Å². The van der Waals surface area contributed by atoms with Gasteiger partial charge in [0.05, 0.1) is 23.2 Å². The number of carbonyl (C=O) groups is 3. The van der Waals surface area contributed by atoms with Gasteiger partial charge in [-0.15, -0.1) is 0 Å². The van der Waals surface area contributed by atoms with E-state index in [1.807, 2.05) is 19.1 Å². The summed E-state index contributed by atoms with van der Waals surface area (Å²) in [6.45, 7) is 3.26. The second-order valence-corrected chi connectivity index (χ2v) is 5.92. The number of methoxy groups -OCH3 is 1. The van der Waals surface area contributed by atoms with Crippen LogP contribution in [0.3, 0.4) is 0 Å². The molecule has 1 N–H and O–H groups in total. The van der Waals surface area contributed by atoms with Crippen molar-refractivity contribution in [3.05, 3.63) is 69.3 Å². The summed E-state index contributed by atoms with van der Waals surface area (Å²) in [4.78, 5) is 46.4. The molecule has 28 heavy (non-hydrogen) atoms. The van der Waals surface area contributed by atoms with Gasteiger partial charge in [0, 0.05) is 17.8 Å². The zero-order valence-corrected chi connectivity index (χ0v) is 15.4. The van der Waals surface area contributed by atoms with Crippen LogP contribution in [0.2, 0.25) is 0 Å². The van der Waals surface area contributed by atoms with Gasteiger partial charge >= 0.3 is 11.9 Å². The van der Waals surface area contributed by atoms with Crippen LogP contribution in [0.5, 0.6) is 0 Å². The molecule has 0 saturated carbocycles. The van der Waals surface area contributed by atoms with Gasteiger partial charge in [0.1, 0.15) is 0 Å². The molecule has 2 rings (SSSR count). The van der Waals surface area contributed by atoms with Crippen LogP contribution in [-0.2, 0) is 14.3 Å². The Morgan fingerprint density at radius 3 is 2.14 bits per heavy atom. The molecule has 0 spiro atoms. The van der Waals surface area contributed by atoms with Crippen molar-refractivity contribution in [2.45, 2.75) is 20.0 Å². The Labute approximate surface area is 160 Å². The van der Waals surface area contributed by atoms with Gasteiger partial charge in [0.15, 0.2) is 6.10 Å². The molecule has 9 heteroatoms. The van der Waals surface area contributed by atoms with Crippen LogP contribution in [0.4, 0.5) is 11.4 Å². The fourth-order valence-electron chi connectivity index (χ4n) is 2.23. The fourth-order valence-corrected chi connectivity index (χ4v) is 2.23. The van der Waals surface area contributed by atoms with Crippen molar-refractivity contribution < 1.29 is 28.8 Å². The molecule has 0 aliphatic rings. The van der Waals surface area contributed by atoms with E-state index in [4.69, 9.17) is 4.74 Å². The number of aryl methyl sites for hydroxylation is 1. The van der Waals surface area contributed by atoms with Crippen molar-refractivity contribution in [2.75, 3.05) is 12.4 Å². The number of nitrogens with one attached hydrogen (secondary N) is 1. The topological polar surface area (TPSA) is 125 Å². The monoisotopic (exact) mass is 386 g/mol. The molecule has 0 unspecified atom stereocenters. The van der Waals surface area contributed by atoms with Gasteiger partial charge in [0.25, 0.3) is 11.6 Å². The highest BCUT2D eigenvalue weighted by molar-refractivity contribution is 5.99. The lowest BCUT2D eigenvalue weighted by Gasteiger charge is -2.14. The first kappa shape index (κ1) is 20.6. The van der Waals surface area contributed by atoms with Gasteiger partial charge in [0.2, 0.25) is 0 Å². The third-order valence-corrected chi connectivity index (χ3v) is 3.76. The van der Waals surface area contributed by atoms with E-state index in [9.17, 15) is 24.5 Å². The number of non-ortho nitro benzene ring substituents is 1. The molecule has 0 bridgehead atoms. The van der Waals surface area contributed by atoms with Gasteiger partial charge in [-0.3, -0.25) is 14.9 Å². The number of rotatable bonds is 6. The summed E-state index contributed by atoms with van der Waals surface area (Å²) in [5.41, 5.74) is 0.642. The highest BCUT2D eigenvalue weighted by Gasteiger charge is 2.23. The molecular formula is C19H18N2O7. The number of carbonyl (C=O) groups excluding carboxylic acids is 3. The number of anilines is 1. The normalized spacial score (nSPS) is 11.2. The van der Waals surface area contributed by atoms with Crippen LogP contribution in [0.1, 0.15) is 33.2 Å². The average molecular weight is 386 g/mol. The number of amides is 1. The number of esters is 2. The minimum atomic E-state index is -1.17. The Hall–Kier alpha value is -3.75. The number of nitrogens with zero attached hydrogens (tertiary/aromatic N) is 1. The third kappa shape index (κ3) is 5.13. The summed E-state index contributed by atoms with van der Waals surface area (Å²) >= 11 is 0. The molecule has 0 aliphatic carbocycles. The standard InChI is InChI=1S/C19H18N2O7/c1-11-4-6-15(7-5-11)20-17(22)12(2)28-19(24)14-8-13(18(23)27-3)9-16(10-14)21(25)26/h4-10,12H,1-3H3,(H,20,22)/t12-/m0/s1. The van der Waals surface area contributed by atoms with Gasteiger partial charge in [-0.1, -0.05) is 17.7 Å². The lowest BCUT2D eigenvalue weighted by molar-refractivity contribution is -0.384. The maximum atomic E-state index is 12.3. The highest BCUT2D eigenvalue weighted by Crippen LogP contribution is 2.19. The Morgan fingerprint density at radius 1 is 1.04 bits per heavy atom. The molecule has 146 valence electrons. The first-order chi connectivity index (χ1) is 13.2. The molecule has 2 aromatic carbocycles. The van der Waals surface area contributed by atoms with E-state index in [1.54, 1.807) is 12.1 Å². The maximum absolute atomic E-state index is 12.3. The molecule has 1 amide bonds. The van der Waals surface area contributed by atoms with Crippen LogP contribution in [0, 0.1) is 17.0 Å². The summed E-state index contributed by atoms with van der Waals surface area (Å²) < 4.78 is 9.59.